The second-order valence-corrected chi connectivity index (χ2v) is 2.49. The highest BCUT2D eigenvalue weighted by Gasteiger charge is 2.16. The molecule has 0 saturated heterocycles. The zero-order valence-corrected chi connectivity index (χ0v) is 7.32. The molecule has 2 atom stereocenters. The first-order valence-electron chi connectivity index (χ1n) is 3.67. The predicted octanol–water partition coefficient (Wildman–Crippen LogP) is -1.12. The molecule has 0 saturated carbocycles. The highest BCUT2D eigenvalue weighted by Crippen LogP contribution is 1.94. The fraction of sp³-hybridized carbons (Fsp3) is 0.857. The summed E-state index contributed by atoms with van der Waals surface area (Å²) in [6, 6.07) is -0.954. The molecule has 0 amide bonds. The summed E-state index contributed by atoms with van der Waals surface area (Å²) < 4.78 is 9.53. The minimum atomic E-state index is -0.954. The molecule has 3 N–H and O–H groups in total. The monoisotopic (exact) mass is 177 g/mol. The van der Waals surface area contributed by atoms with Gasteiger partial charge in [-0.2, -0.15) is 0 Å². The number of ether oxygens (including phenoxy) is 2. The number of carbonyl (C=O) groups is 1. The molecule has 0 aromatic carbocycles. The largest absolute Gasteiger partial charge is 0.459 e. The number of aliphatic hydroxyl groups excluding tert-OH is 1. The van der Waals surface area contributed by atoms with Crippen LogP contribution in [0.3, 0.4) is 0 Å². The number of esters is 1. The van der Waals surface area contributed by atoms with Crippen molar-refractivity contribution in [3.05, 3.63) is 0 Å². The fourth-order valence-corrected chi connectivity index (χ4v) is 0.629. The van der Waals surface area contributed by atoms with Crippen LogP contribution in [0.4, 0.5) is 0 Å². The lowest BCUT2D eigenvalue weighted by atomic mass is 10.3. The SMILES string of the molecule is COCC(C)OC(=O)C(N)CO. The number of hydrogen-bond donors (Lipinski definition) is 2. The Kier molecular flexibility index (Phi) is 5.61. The van der Waals surface area contributed by atoms with E-state index in [1.807, 2.05) is 0 Å². The van der Waals surface area contributed by atoms with Crippen LogP contribution in [-0.4, -0.2) is 43.5 Å². The maximum absolute atomic E-state index is 10.9. The molecule has 0 aliphatic heterocycles. The van der Waals surface area contributed by atoms with Crippen molar-refractivity contribution < 1.29 is 19.4 Å². The maximum Gasteiger partial charge on any atom is 0.325 e. The van der Waals surface area contributed by atoms with Crippen molar-refractivity contribution in [1.29, 1.82) is 0 Å². The zero-order chi connectivity index (χ0) is 9.56. The predicted molar refractivity (Wildman–Crippen MR) is 42.5 cm³/mol. The summed E-state index contributed by atoms with van der Waals surface area (Å²) >= 11 is 0. The van der Waals surface area contributed by atoms with Gasteiger partial charge in [0.2, 0.25) is 0 Å². The molecule has 0 fully saturated rings. The van der Waals surface area contributed by atoms with Gasteiger partial charge in [-0.25, -0.2) is 0 Å². The lowest BCUT2D eigenvalue weighted by molar-refractivity contribution is -0.153. The van der Waals surface area contributed by atoms with E-state index in [0.717, 1.165) is 0 Å². The van der Waals surface area contributed by atoms with E-state index in [2.05, 4.69) is 0 Å². The van der Waals surface area contributed by atoms with Gasteiger partial charge in [0.25, 0.3) is 0 Å². The molecule has 0 rings (SSSR count). The van der Waals surface area contributed by atoms with Gasteiger partial charge in [0, 0.05) is 7.11 Å². The summed E-state index contributed by atoms with van der Waals surface area (Å²) in [5.74, 6) is -0.609. The van der Waals surface area contributed by atoms with Gasteiger partial charge in [0.05, 0.1) is 13.2 Å². The van der Waals surface area contributed by atoms with Gasteiger partial charge in [-0.05, 0) is 6.92 Å². The Morgan fingerprint density at radius 2 is 2.25 bits per heavy atom. The van der Waals surface area contributed by atoms with Gasteiger partial charge in [0.1, 0.15) is 12.1 Å². The van der Waals surface area contributed by atoms with Gasteiger partial charge in [-0.3, -0.25) is 4.79 Å². The third-order valence-electron chi connectivity index (χ3n) is 1.22. The van der Waals surface area contributed by atoms with Gasteiger partial charge in [0.15, 0.2) is 0 Å². The van der Waals surface area contributed by atoms with Gasteiger partial charge >= 0.3 is 5.97 Å². The van der Waals surface area contributed by atoms with E-state index in [-0.39, 0.29) is 6.10 Å². The van der Waals surface area contributed by atoms with Crippen molar-refractivity contribution >= 4 is 5.97 Å². The Labute approximate surface area is 71.5 Å². The first kappa shape index (κ1) is 11.4. The molecule has 0 aliphatic rings. The van der Waals surface area contributed by atoms with Crippen LogP contribution in [0.25, 0.3) is 0 Å². The molecule has 0 aromatic rings. The van der Waals surface area contributed by atoms with Crippen LogP contribution in [0.1, 0.15) is 6.92 Å². The van der Waals surface area contributed by atoms with Gasteiger partial charge < -0.3 is 20.3 Å². The quantitative estimate of drug-likeness (QED) is 0.520. The standard InChI is InChI=1S/C7H15NO4/c1-5(4-11-2)12-7(10)6(8)3-9/h5-6,9H,3-4,8H2,1-2H3. The minimum absolute atomic E-state index is 0.323. The Balaban J connectivity index is 3.67. The van der Waals surface area contributed by atoms with Crippen molar-refractivity contribution in [2.24, 2.45) is 5.73 Å². The topological polar surface area (TPSA) is 81.8 Å². The molecular weight excluding hydrogens is 162 g/mol. The number of rotatable bonds is 5. The number of methoxy groups -OCH3 is 1. The molecule has 72 valence electrons. The van der Waals surface area contributed by atoms with E-state index in [1.54, 1.807) is 6.92 Å². The van der Waals surface area contributed by atoms with Crippen molar-refractivity contribution in [1.82, 2.24) is 0 Å². The molecule has 0 bridgehead atoms. The van der Waals surface area contributed by atoms with Crippen molar-refractivity contribution in [3.8, 4) is 0 Å². The third kappa shape index (κ3) is 4.27. The smallest absolute Gasteiger partial charge is 0.325 e. The van der Waals surface area contributed by atoms with E-state index in [1.165, 1.54) is 7.11 Å². The van der Waals surface area contributed by atoms with Crippen molar-refractivity contribution in [2.75, 3.05) is 20.3 Å². The summed E-state index contributed by atoms with van der Waals surface area (Å²) in [5, 5.41) is 8.49. The van der Waals surface area contributed by atoms with E-state index < -0.39 is 18.6 Å². The normalized spacial score (nSPS) is 15.3. The van der Waals surface area contributed by atoms with Crippen LogP contribution in [0.5, 0.6) is 0 Å². The average Bonchev–Trinajstić information content (AvgIpc) is 2.03. The number of nitrogens with two attached hydrogens (primary N) is 1. The van der Waals surface area contributed by atoms with Crippen LogP contribution in [0.15, 0.2) is 0 Å². The number of aliphatic hydroxyl groups is 1. The molecule has 12 heavy (non-hydrogen) atoms. The fourth-order valence-electron chi connectivity index (χ4n) is 0.629. The first-order chi connectivity index (χ1) is 5.61. The Bertz CT molecular complexity index is 139. The van der Waals surface area contributed by atoms with E-state index in [4.69, 9.17) is 20.3 Å². The van der Waals surface area contributed by atoms with E-state index >= 15 is 0 Å². The van der Waals surface area contributed by atoms with Gasteiger partial charge in [-0.15, -0.1) is 0 Å². The molecule has 0 radical (unpaired) electrons. The molecule has 0 spiro atoms. The molecule has 0 aliphatic carbocycles. The molecule has 5 nitrogen and oxygen atoms in total. The maximum atomic E-state index is 10.9. The van der Waals surface area contributed by atoms with Crippen LogP contribution < -0.4 is 5.73 Å². The zero-order valence-electron chi connectivity index (χ0n) is 7.32. The average molecular weight is 177 g/mol. The first-order valence-corrected chi connectivity index (χ1v) is 3.67. The van der Waals surface area contributed by atoms with Gasteiger partial charge in [-0.1, -0.05) is 0 Å². The minimum Gasteiger partial charge on any atom is -0.459 e. The molecular formula is C7H15NO4. The summed E-state index contributed by atoms with van der Waals surface area (Å²) in [7, 11) is 1.51. The van der Waals surface area contributed by atoms with Crippen LogP contribution in [-0.2, 0) is 14.3 Å². The van der Waals surface area contributed by atoms with Crippen molar-refractivity contribution in [2.45, 2.75) is 19.1 Å². The number of carbonyl (C=O) groups excluding carboxylic acids is 1. The summed E-state index contributed by atoms with van der Waals surface area (Å²) in [6.45, 7) is 1.61. The van der Waals surface area contributed by atoms with Crippen LogP contribution in [0, 0.1) is 0 Å². The van der Waals surface area contributed by atoms with Crippen LogP contribution in [0.2, 0.25) is 0 Å². The summed E-state index contributed by atoms with van der Waals surface area (Å²) in [6.07, 6.45) is -0.333. The van der Waals surface area contributed by atoms with Crippen LogP contribution >= 0.6 is 0 Å². The molecule has 0 aromatic heterocycles. The Hall–Kier alpha value is -0.650. The van der Waals surface area contributed by atoms with E-state index in [9.17, 15) is 4.79 Å². The van der Waals surface area contributed by atoms with E-state index in [0.29, 0.717) is 6.61 Å². The number of hydrogen-bond acceptors (Lipinski definition) is 5. The second-order valence-electron chi connectivity index (χ2n) is 2.49. The summed E-state index contributed by atoms with van der Waals surface area (Å²) in [5.41, 5.74) is 5.20. The Morgan fingerprint density at radius 1 is 1.67 bits per heavy atom. The summed E-state index contributed by atoms with van der Waals surface area (Å²) in [4.78, 5) is 10.9. The molecule has 0 heterocycles. The highest BCUT2D eigenvalue weighted by molar-refractivity contribution is 5.75. The lowest BCUT2D eigenvalue weighted by Crippen LogP contribution is -2.38. The van der Waals surface area contributed by atoms with Crippen molar-refractivity contribution in [3.63, 3.8) is 0 Å². The molecule has 2 unspecified atom stereocenters. The third-order valence-corrected chi connectivity index (χ3v) is 1.22. The Morgan fingerprint density at radius 3 is 2.67 bits per heavy atom. The second kappa shape index (κ2) is 5.93. The highest BCUT2D eigenvalue weighted by atomic mass is 16.6. The lowest BCUT2D eigenvalue weighted by Gasteiger charge is -2.14. The molecule has 5 heteroatoms.